The van der Waals surface area contributed by atoms with Crippen LogP contribution >= 0.6 is 0 Å². The summed E-state index contributed by atoms with van der Waals surface area (Å²) in [7, 11) is -2.87. The topological polar surface area (TPSA) is 92.8 Å². The number of esters is 1. The lowest BCUT2D eigenvalue weighted by atomic mass is 10.1. The van der Waals surface area contributed by atoms with Gasteiger partial charge in [0.15, 0.2) is 0 Å². The van der Waals surface area contributed by atoms with E-state index in [9.17, 15) is 26.8 Å². The highest BCUT2D eigenvalue weighted by molar-refractivity contribution is 7.89. The highest BCUT2D eigenvalue weighted by Crippen LogP contribution is 2.28. The van der Waals surface area contributed by atoms with Crippen LogP contribution in [0.15, 0.2) is 47.4 Å². The highest BCUT2D eigenvalue weighted by atomic mass is 32.2. The van der Waals surface area contributed by atoms with Crippen LogP contribution in [0.4, 0.5) is 14.5 Å². The van der Waals surface area contributed by atoms with Gasteiger partial charge < -0.3 is 10.1 Å². The molecule has 1 amide bonds. The molecule has 3 rings (SSSR count). The van der Waals surface area contributed by atoms with Gasteiger partial charge >= 0.3 is 5.97 Å². The quantitative estimate of drug-likeness (QED) is 0.745. The minimum absolute atomic E-state index is 0.0337. The number of carbonyl (C=O) groups is 2. The van der Waals surface area contributed by atoms with Gasteiger partial charge in [-0.2, -0.15) is 4.31 Å². The van der Waals surface area contributed by atoms with Gasteiger partial charge in [-0.25, -0.2) is 22.0 Å². The molecule has 1 aliphatic rings. The van der Waals surface area contributed by atoms with Crippen molar-refractivity contribution < 1.29 is 31.5 Å². The van der Waals surface area contributed by atoms with Crippen LogP contribution in [0.2, 0.25) is 0 Å². The maximum absolute atomic E-state index is 14.1. The van der Waals surface area contributed by atoms with E-state index in [0.717, 1.165) is 40.7 Å². The van der Waals surface area contributed by atoms with E-state index in [1.165, 1.54) is 13.2 Å². The first-order valence-electron chi connectivity index (χ1n) is 8.70. The second kappa shape index (κ2) is 8.26. The summed E-state index contributed by atoms with van der Waals surface area (Å²) in [6.07, 6.45) is 0.674. The van der Waals surface area contributed by atoms with Crippen LogP contribution in [-0.4, -0.2) is 44.3 Å². The number of benzene rings is 2. The Morgan fingerprint density at radius 3 is 2.48 bits per heavy atom. The molecule has 0 aliphatic carbocycles. The average Bonchev–Trinajstić information content (AvgIpc) is 3.20. The van der Waals surface area contributed by atoms with Crippen molar-refractivity contribution >= 4 is 27.6 Å². The fourth-order valence-electron chi connectivity index (χ4n) is 3.11. The summed E-state index contributed by atoms with van der Waals surface area (Å²) >= 11 is 0. The molecule has 0 spiro atoms. The number of sulfonamides is 1. The minimum Gasteiger partial charge on any atom is -0.465 e. The van der Waals surface area contributed by atoms with E-state index in [1.807, 2.05) is 0 Å². The Morgan fingerprint density at radius 1 is 1.14 bits per heavy atom. The van der Waals surface area contributed by atoms with Gasteiger partial charge in [-0.05, 0) is 55.3 Å². The second-order valence-corrected chi connectivity index (χ2v) is 8.29. The molecule has 0 aromatic heterocycles. The third-order valence-corrected chi connectivity index (χ3v) is 6.49. The molecule has 1 saturated heterocycles. The first kappa shape index (κ1) is 20.9. The zero-order chi connectivity index (χ0) is 21.2. The minimum atomic E-state index is -4.04. The van der Waals surface area contributed by atoms with E-state index in [0.29, 0.717) is 6.42 Å². The molecule has 0 radical (unpaired) electrons. The van der Waals surface area contributed by atoms with E-state index < -0.39 is 39.6 Å². The standard InChI is InChI=1S/C19H18F2N2O5S/c1-28-19(25)12-4-9-15(21)16(11-12)22-18(24)17-3-2-10-23(17)29(26,27)14-7-5-13(20)6-8-14/h4-9,11,17H,2-3,10H2,1H3,(H,22,24)/t17-/m1/s1. The van der Waals surface area contributed by atoms with Crippen molar-refractivity contribution in [1.82, 2.24) is 4.31 Å². The van der Waals surface area contributed by atoms with Gasteiger partial charge in [-0.15, -0.1) is 0 Å². The number of ether oxygens (including phenoxy) is 1. The predicted octanol–water partition coefficient (Wildman–Crippen LogP) is 2.54. The normalized spacial score (nSPS) is 17.1. The Bertz CT molecular complexity index is 1040. The van der Waals surface area contributed by atoms with Gasteiger partial charge in [0.1, 0.15) is 17.7 Å². The maximum Gasteiger partial charge on any atom is 0.337 e. The number of carbonyl (C=O) groups excluding carboxylic acids is 2. The second-order valence-electron chi connectivity index (χ2n) is 6.40. The third kappa shape index (κ3) is 4.28. The highest BCUT2D eigenvalue weighted by Gasteiger charge is 2.39. The molecule has 1 atom stereocenters. The summed E-state index contributed by atoms with van der Waals surface area (Å²) in [5.74, 6) is -2.80. The first-order valence-corrected chi connectivity index (χ1v) is 10.1. The molecule has 2 aromatic rings. The molecular weight excluding hydrogens is 406 g/mol. The molecule has 154 valence electrons. The van der Waals surface area contributed by atoms with Gasteiger partial charge in [-0.3, -0.25) is 4.79 Å². The molecule has 0 saturated carbocycles. The van der Waals surface area contributed by atoms with Crippen molar-refractivity contribution in [3.8, 4) is 0 Å². The van der Waals surface area contributed by atoms with Crippen LogP contribution in [0.3, 0.4) is 0 Å². The molecule has 0 bridgehead atoms. The first-order chi connectivity index (χ1) is 13.7. The van der Waals surface area contributed by atoms with Crippen molar-refractivity contribution in [1.29, 1.82) is 0 Å². The molecule has 29 heavy (non-hydrogen) atoms. The number of halogens is 2. The lowest BCUT2D eigenvalue weighted by Crippen LogP contribution is -2.43. The predicted molar refractivity (Wildman–Crippen MR) is 99.7 cm³/mol. The van der Waals surface area contributed by atoms with Crippen LogP contribution in [0, 0.1) is 11.6 Å². The van der Waals surface area contributed by atoms with Crippen LogP contribution in [-0.2, 0) is 19.6 Å². The lowest BCUT2D eigenvalue weighted by Gasteiger charge is -2.23. The van der Waals surface area contributed by atoms with Crippen molar-refractivity contribution in [2.45, 2.75) is 23.8 Å². The Kier molecular flexibility index (Phi) is 5.94. The maximum atomic E-state index is 14.1. The molecule has 1 N–H and O–H groups in total. The largest absolute Gasteiger partial charge is 0.465 e. The van der Waals surface area contributed by atoms with Crippen LogP contribution in [0.5, 0.6) is 0 Å². The molecular formula is C19H18F2N2O5S. The summed E-state index contributed by atoms with van der Waals surface area (Å²) in [6, 6.07) is 6.55. The van der Waals surface area contributed by atoms with Gasteiger partial charge in [0, 0.05) is 6.54 Å². The van der Waals surface area contributed by atoms with E-state index >= 15 is 0 Å². The van der Waals surface area contributed by atoms with Crippen LogP contribution in [0.25, 0.3) is 0 Å². The summed E-state index contributed by atoms with van der Waals surface area (Å²) in [6.45, 7) is 0.0997. The van der Waals surface area contributed by atoms with Gasteiger partial charge in [0.25, 0.3) is 0 Å². The zero-order valence-electron chi connectivity index (χ0n) is 15.4. The van der Waals surface area contributed by atoms with Crippen molar-refractivity contribution in [3.05, 3.63) is 59.7 Å². The fourth-order valence-corrected chi connectivity index (χ4v) is 4.77. The van der Waals surface area contributed by atoms with E-state index in [-0.39, 0.29) is 29.1 Å². The molecule has 0 unspecified atom stereocenters. The number of hydrogen-bond donors (Lipinski definition) is 1. The van der Waals surface area contributed by atoms with E-state index in [4.69, 9.17) is 0 Å². The smallest absolute Gasteiger partial charge is 0.337 e. The summed E-state index contributed by atoms with van der Waals surface area (Å²) in [5.41, 5.74) is -0.227. The summed E-state index contributed by atoms with van der Waals surface area (Å²) in [5, 5.41) is 2.35. The molecule has 1 aliphatic heterocycles. The SMILES string of the molecule is COC(=O)c1ccc(F)c(NC(=O)[C@H]2CCCN2S(=O)(=O)c2ccc(F)cc2)c1. The summed E-state index contributed by atoms with van der Waals surface area (Å²) < 4.78 is 58.5. The van der Waals surface area contributed by atoms with E-state index in [1.54, 1.807) is 0 Å². The number of nitrogens with zero attached hydrogens (tertiary/aromatic N) is 1. The lowest BCUT2D eigenvalue weighted by molar-refractivity contribution is -0.119. The number of methoxy groups -OCH3 is 1. The molecule has 1 fully saturated rings. The summed E-state index contributed by atoms with van der Waals surface area (Å²) in [4.78, 5) is 24.2. The molecule has 1 heterocycles. The third-order valence-electron chi connectivity index (χ3n) is 4.57. The molecule has 10 heteroatoms. The Morgan fingerprint density at radius 2 is 1.83 bits per heavy atom. The van der Waals surface area contributed by atoms with Crippen molar-refractivity contribution in [2.24, 2.45) is 0 Å². The van der Waals surface area contributed by atoms with Crippen LogP contribution < -0.4 is 5.32 Å². The average molecular weight is 424 g/mol. The van der Waals surface area contributed by atoms with Crippen molar-refractivity contribution in [2.75, 3.05) is 19.0 Å². The van der Waals surface area contributed by atoms with Crippen molar-refractivity contribution in [3.63, 3.8) is 0 Å². The Hall–Kier alpha value is -2.85. The van der Waals surface area contributed by atoms with E-state index in [2.05, 4.69) is 10.1 Å². The van der Waals surface area contributed by atoms with Crippen LogP contribution in [0.1, 0.15) is 23.2 Å². The van der Waals surface area contributed by atoms with Gasteiger partial charge in [-0.1, -0.05) is 0 Å². The number of anilines is 1. The van der Waals surface area contributed by atoms with Gasteiger partial charge in [0.2, 0.25) is 15.9 Å². The molecule has 7 nitrogen and oxygen atoms in total. The number of amides is 1. The van der Waals surface area contributed by atoms with Gasteiger partial charge in [0.05, 0.1) is 23.3 Å². The zero-order valence-corrected chi connectivity index (χ0v) is 16.2. The number of rotatable bonds is 5. The fraction of sp³-hybridized carbons (Fsp3) is 0.263. The molecule has 2 aromatic carbocycles. The Labute approximate surface area is 166 Å². The monoisotopic (exact) mass is 424 g/mol. The Balaban J connectivity index is 1.84. The number of hydrogen-bond acceptors (Lipinski definition) is 5. The number of nitrogens with one attached hydrogen (secondary N) is 1.